The van der Waals surface area contributed by atoms with E-state index in [1.165, 1.54) is 44.9 Å². The number of aromatic hydroxyl groups is 1. The second-order valence-electron chi connectivity index (χ2n) is 5.64. The largest absolute Gasteiger partial charge is 0.508 e. The Balaban J connectivity index is 2.03. The number of rotatable bonds is 11. The van der Waals surface area contributed by atoms with Crippen LogP contribution in [0.3, 0.4) is 0 Å². The number of alkyl halides is 1. The van der Waals surface area contributed by atoms with E-state index in [0.29, 0.717) is 12.0 Å². The third kappa shape index (κ3) is 6.93. The van der Waals surface area contributed by atoms with Crippen LogP contribution in [0.15, 0.2) is 24.3 Å². The summed E-state index contributed by atoms with van der Waals surface area (Å²) in [6.45, 7) is 2.23. The molecule has 1 rings (SSSR count). The molecule has 0 radical (unpaired) electrons. The zero-order valence-corrected chi connectivity index (χ0v) is 12.8. The van der Waals surface area contributed by atoms with E-state index < -0.39 is 6.17 Å². The quantitative estimate of drug-likeness (QED) is 0.470. The van der Waals surface area contributed by atoms with Crippen LogP contribution in [0.2, 0.25) is 0 Å². The maximum Gasteiger partial charge on any atom is 0.129 e. The molecular weight excluding hydrogens is 251 g/mol. The number of phenols is 1. The first-order chi connectivity index (χ1) is 9.75. The van der Waals surface area contributed by atoms with Crippen LogP contribution in [0.25, 0.3) is 0 Å². The Morgan fingerprint density at radius 2 is 1.45 bits per heavy atom. The van der Waals surface area contributed by atoms with Crippen LogP contribution in [0.5, 0.6) is 5.75 Å². The average molecular weight is 280 g/mol. The molecule has 0 amide bonds. The van der Waals surface area contributed by atoms with Crippen LogP contribution in [0, 0.1) is 0 Å². The predicted octanol–water partition coefficient (Wildman–Crippen LogP) is 6.32. The van der Waals surface area contributed by atoms with Crippen molar-refractivity contribution in [3.63, 3.8) is 0 Å². The van der Waals surface area contributed by atoms with Gasteiger partial charge in [0.25, 0.3) is 0 Å². The van der Waals surface area contributed by atoms with Gasteiger partial charge >= 0.3 is 0 Å². The molecule has 1 N–H and O–H groups in total. The fraction of sp³-hybridized carbons (Fsp3) is 0.667. The minimum Gasteiger partial charge on any atom is -0.508 e. The summed E-state index contributed by atoms with van der Waals surface area (Å²) in [7, 11) is 0. The van der Waals surface area contributed by atoms with Crippen LogP contribution < -0.4 is 0 Å². The van der Waals surface area contributed by atoms with Gasteiger partial charge in [-0.2, -0.15) is 0 Å². The van der Waals surface area contributed by atoms with E-state index in [2.05, 4.69) is 6.92 Å². The van der Waals surface area contributed by atoms with Crippen molar-refractivity contribution in [3.05, 3.63) is 29.8 Å². The van der Waals surface area contributed by atoms with E-state index >= 15 is 0 Å². The molecule has 0 bridgehead atoms. The van der Waals surface area contributed by atoms with Crippen molar-refractivity contribution >= 4 is 0 Å². The van der Waals surface area contributed by atoms with Gasteiger partial charge in [0, 0.05) is 5.56 Å². The Morgan fingerprint density at radius 3 is 2.05 bits per heavy atom. The topological polar surface area (TPSA) is 20.2 Å². The van der Waals surface area contributed by atoms with Crippen molar-refractivity contribution in [3.8, 4) is 5.75 Å². The molecular formula is C18H29FO. The zero-order valence-electron chi connectivity index (χ0n) is 12.8. The van der Waals surface area contributed by atoms with E-state index in [0.717, 1.165) is 12.8 Å². The van der Waals surface area contributed by atoms with Gasteiger partial charge in [0.05, 0.1) is 0 Å². The molecule has 0 aliphatic heterocycles. The molecule has 0 spiro atoms. The molecule has 0 heterocycles. The highest BCUT2D eigenvalue weighted by Gasteiger charge is 2.12. The monoisotopic (exact) mass is 280 g/mol. The minimum absolute atomic E-state index is 0.0796. The van der Waals surface area contributed by atoms with Gasteiger partial charge in [-0.25, -0.2) is 4.39 Å². The standard InChI is InChI=1S/C18H29FO/c1-2-3-4-5-6-7-8-9-10-14-17(19)16-13-11-12-15-18(16)20/h11-13,15,17,20H,2-10,14H2,1H3. The Labute approximate surface area is 123 Å². The van der Waals surface area contributed by atoms with E-state index in [9.17, 15) is 9.50 Å². The molecule has 1 atom stereocenters. The van der Waals surface area contributed by atoms with Gasteiger partial charge in [0.15, 0.2) is 0 Å². The Kier molecular flexibility index (Phi) is 9.10. The van der Waals surface area contributed by atoms with Gasteiger partial charge in [-0.15, -0.1) is 0 Å². The first kappa shape index (κ1) is 17.0. The molecule has 0 fully saturated rings. The SMILES string of the molecule is CCCCCCCCCCCC(F)c1ccccc1O. The van der Waals surface area contributed by atoms with Gasteiger partial charge in [-0.05, 0) is 12.5 Å². The number of halogens is 1. The van der Waals surface area contributed by atoms with E-state index in [1.54, 1.807) is 24.3 Å². The Bertz CT molecular complexity index is 351. The Hall–Kier alpha value is -1.05. The fourth-order valence-corrected chi connectivity index (χ4v) is 2.54. The normalized spacial score (nSPS) is 12.5. The maximum atomic E-state index is 14.0. The summed E-state index contributed by atoms with van der Waals surface area (Å²) in [6, 6.07) is 6.73. The zero-order chi connectivity index (χ0) is 14.6. The summed E-state index contributed by atoms with van der Waals surface area (Å²) in [5.74, 6) is 0.0796. The summed E-state index contributed by atoms with van der Waals surface area (Å²) in [6.07, 6.45) is 10.7. The lowest BCUT2D eigenvalue weighted by Crippen LogP contribution is -1.92. The lowest BCUT2D eigenvalue weighted by Gasteiger charge is -2.10. The first-order valence-corrected chi connectivity index (χ1v) is 8.17. The first-order valence-electron chi connectivity index (χ1n) is 8.17. The third-order valence-electron chi connectivity index (χ3n) is 3.84. The average Bonchev–Trinajstić information content (AvgIpc) is 2.46. The van der Waals surface area contributed by atoms with E-state index in [1.807, 2.05) is 0 Å². The van der Waals surface area contributed by atoms with Gasteiger partial charge in [0.2, 0.25) is 0 Å². The summed E-state index contributed by atoms with van der Waals surface area (Å²) < 4.78 is 14.0. The van der Waals surface area contributed by atoms with E-state index in [4.69, 9.17) is 0 Å². The minimum atomic E-state index is -1.03. The van der Waals surface area contributed by atoms with Crippen molar-refractivity contribution in [2.75, 3.05) is 0 Å². The molecule has 1 aromatic rings. The number of benzene rings is 1. The molecule has 1 unspecified atom stereocenters. The van der Waals surface area contributed by atoms with Crippen molar-refractivity contribution in [2.45, 2.75) is 77.3 Å². The van der Waals surface area contributed by atoms with Crippen LogP contribution in [-0.2, 0) is 0 Å². The molecule has 1 aromatic carbocycles. The van der Waals surface area contributed by atoms with Crippen molar-refractivity contribution in [1.29, 1.82) is 0 Å². The number of unbranched alkanes of at least 4 members (excludes halogenated alkanes) is 8. The maximum absolute atomic E-state index is 14.0. The predicted molar refractivity (Wildman–Crippen MR) is 83.8 cm³/mol. The summed E-state index contributed by atoms with van der Waals surface area (Å²) >= 11 is 0. The van der Waals surface area contributed by atoms with Gasteiger partial charge in [-0.3, -0.25) is 0 Å². The summed E-state index contributed by atoms with van der Waals surface area (Å²) in [5, 5.41) is 9.58. The molecule has 0 saturated carbocycles. The number of hydrogen-bond donors (Lipinski definition) is 1. The highest BCUT2D eigenvalue weighted by molar-refractivity contribution is 5.33. The van der Waals surface area contributed by atoms with Gasteiger partial charge in [-0.1, -0.05) is 82.9 Å². The van der Waals surface area contributed by atoms with Crippen LogP contribution in [0.4, 0.5) is 4.39 Å². The number of phenolic OH excluding ortho intramolecular Hbond substituents is 1. The Morgan fingerprint density at radius 1 is 0.900 bits per heavy atom. The second-order valence-corrected chi connectivity index (χ2v) is 5.64. The lowest BCUT2D eigenvalue weighted by molar-refractivity contribution is 0.302. The lowest BCUT2D eigenvalue weighted by atomic mass is 10.0. The van der Waals surface area contributed by atoms with Crippen LogP contribution >= 0.6 is 0 Å². The molecule has 20 heavy (non-hydrogen) atoms. The van der Waals surface area contributed by atoms with Crippen molar-refractivity contribution < 1.29 is 9.50 Å². The third-order valence-corrected chi connectivity index (χ3v) is 3.84. The highest BCUT2D eigenvalue weighted by Crippen LogP contribution is 2.30. The van der Waals surface area contributed by atoms with E-state index in [-0.39, 0.29) is 5.75 Å². The van der Waals surface area contributed by atoms with Crippen molar-refractivity contribution in [1.82, 2.24) is 0 Å². The summed E-state index contributed by atoms with van der Waals surface area (Å²) in [5.41, 5.74) is 0.437. The summed E-state index contributed by atoms with van der Waals surface area (Å²) in [4.78, 5) is 0. The molecule has 0 aliphatic rings. The molecule has 0 aromatic heterocycles. The molecule has 2 heteroatoms. The highest BCUT2D eigenvalue weighted by atomic mass is 19.1. The van der Waals surface area contributed by atoms with Gasteiger partial charge in [0.1, 0.15) is 11.9 Å². The van der Waals surface area contributed by atoms with Crippen molar-refractivity contribution in [2.24, 2.45) is 0 Å². The number of hydrogen-bond acceptors (Lipinski definition) is 1. The molecule has 0 aliphatic carbocycles. The van der Waals surface area contributed by atoms with Gasteiger partial charge < -0.3 is 5.11 Å². The molecule has 0 saturated heterocycles. The fourth-order valence-electron chi connectivity index (χ4n) is 2.54. The molecule has 114 valence electrons. The molecule has 1 nitrogen and oxygen atoms in total. The number of para-hydroxylation sites is 1. The smallest absolute Gasteiger partial charge is 0.129 e. The second kappa shape index (κ2) is 10.7. The van der Waals surface area contributed by atoms with Crippen LogP contribution in [0.1, 0.15) is 82.9 Å². The van der Waals surface area contributed by atoms with Crippen LogP contribution in [-0.4, -0.2) is 5.11 Å².